The average Bonchev–Trinajstić information content (AvgIpc) is 2.85. The van der Waals surface area contributed by atoms with Crippen LogP contribution >= 0.6 is 12.4 Å². The maximum absolute atomic E-state index is 12.6. The Morgan fingerprint density at radius 1 is 1.00 bits per heavy atom. The summed E-state index contributed by atoms with van der Waals surface area (Å²) < 4.78 is 39.9. The van der Waals surface area contributed by atoms with Crippen molar-refractivity contribution < 1.29 is 13.2 Å². The first-order valence-electron chi connectivity index (χ1n) is 7.09. The first-order chi connectivity index (χ1) is 10.5. The highest BCUT2D eigenvalue weighted by atomic mass is 35.5. The normalized spacial score (nSPS) is 11.5. The number of para-hydroxylation sites is 1. The van der Waals surface area contributed by atoms with Crippen LogP contribution in [0.2, 0.25) is 0 Å². The fraction of sp³-hybridized carbons (Fsp3) is 0.167. The van der Waals surface area contributed by atoms with Crippen LogP contribution in [-0.2, 0) is 12.7 Å². The molecule has 0 atom stereocenters. The first-order valence-corrected chi connectivity index (χ1v) is 7.09. The van der Waals surface area contributed by atoms with E-state index in [1.54, 1.807) is 0 Å². The van der Waals surface area contributed by atoms with Crippen molar-refractivity contribution in [1.82, 2.24) is 4.57 Å². The molecule has 0 saturated heterocycles. The van der Waals surface area contributed by atoms with Gasteiger partial charge in [-0.15, -0.1) is 12.4 Å². The van der Waals surface area contributed by atoms with Crippen LogP contribution in [0, 0.1) is 6.42 Å². The molecule has 0 saturated carbocycles. The molecule has 5 heteroatoms. The van der Waals surface area contributed by atoms with Crippen LogP contribution in [-0.4, -0.2) is 4.57 Å². The number of rotatable bonds is 3. The summed E-state index contributed by atoms with van der Waals surface area (Å²) in [6.45, 7) is 2.91. The average molecular weight is 339 g/mol. The predicted octanol–water partition coefficient (Wildman–Crippen LogP) is 5.70. The number of hydrogen-bond donors (Lipinski definition) is 0. The van der Waals surface area contributed by atoms with Gasteiger partial charge >= 0.3 is 6.18 Å². The summed E-state index contributed by atoms with van der Waals surface area (Å²) in [6.07, 6.45) is -0.353. The number of aryl methyl sites for hydroxylation is 1. The van der Waals surface area contributed by atoms with Gasteiger partial charge in [-0.05, 0) is 36.2 Å². The van der Waals surface area contributed by atoms with Gasteiger partial charge in [0.05, 0.1) is 5.56 Å². The Morgan fingerprint density at radius 3 is 2.26 bits per heavy atom. The number of alkyl halides is 3. The summed E-state index contributed by atoms with van der Waals surface area (Å²) in [4.78, 5) is 0. The Morgan fingerprint density at radius 2 is 1.65 bits per heavy atom. The fourth-order valence-corrected chi connectivity index (χ4v) is 2.60. The molecule has 1 radical (unpaired) electrons. The van der Waals surface area contributed by atoms with Crippen molar-refractivity contribution >= 4 is 23.3 Å². The van der Waals surface area contributed by atoms with Crippen molar-refractivity contribution in [2.24, 2.45) is 0 Å². The van der Waals surface area contributed by atoms with Crippen LogP contribution in [0.3, 0.4) is 0 Å². The van der Waals surface area contributed by atoms with E-state index in [-0.39, 0.29) is 12.4 Å². The summed E-state index contributed by atoms with van der Waals surface area (Å²) in [5, 5.41) is 1.10. The Balaban J connectivity index is 0.00000192. The second-order valence-electron chi connectivity index (χ2n) is 5.15. The molecule has 1 heterocycles. The molecule has 0 N–H and O–H groups in total. The van der Waals surface area contributed by atoms with E-state index in [9.17, 15) is 13.2 Å². The van der Waals surface area contributed by atoms with Crippen molar-refractivity contribution in [3.63, 3.8) is 0 Å². The third-order valence-corrected chi connectivity index (χ3v) is 3.72. The quantitative estimate of drug-likeness (QED) is 0.577. The van der Waals surface area contributed by atoms with Gasteiger partial charge < -0.3 is 4.57 Å². The minimum Gasteiger partial charge on any atom is -0.347 e. The first kappa shape index (κ1) is 17.4. The molecule has 0 aliphatic carbocycles. The highest BCUT2D eigenvalue weighted by Gasteiger charge is 2.29. The Hall–Kier alpha value is -1.94. The summed E-state index contributed by atoms with van der Waals surface area (Å²) in [5.74, 6) is 0. The van der Waals surface area contributed by atoms with Crippen molar-refractivity contribution in [1.29, 1.82) is 0 Å². The van der Waals surface area contributed by atoms with Crippen molar-refractivity contribution in [2.45, 2.75) is 19.6 Å². The molecular formula is C18H16ClF3N. The minimum absolute atomic E-state index is 0. The van der Waals surface area contributed by atoms with Gasteiger partial charge in [0.2, 0.25) is 0 Å². The largest absolute Gasteiger partial charge is 0.416 e. The Kier molecular flexibility index (Phi) is 5.05. The SMILES string of the molecule is CCn1cc([CH]c2ccc(C(F)(F)F)cc2)c2ccccc21.Cl. The van der Waals surface area contributed by atoms with Crippen LogP contribution in [0.1, 0.15) is 23.6 Å². The monoisotopic (exact) mass is 338 g/mol. The lowest BCUT2D eigenvalue weighted by atomic mass is 10.0. The molecule has 0 aliphatic heterocycles. The number of benzene rings is 2. The Labute approximate surface area is 139 Å². The zero-order valence-electron chi connectivity index (χ0n) is 12.5. The van der Waals surface area contributed by atoms with Gasteiger partial charge in [-0.2, -0.15) is 13.2 Å². The lowest BCUT2D eigenvalue weighted by Crippen LogP contribution is -2.04. The molecule has 0 spiro atoms. The van der Waals surface area contributed by atoms with Crippen molar-refractivity contribution in [2.75, 3.05) is 0 Å². The number of aromatic nitrogens is 1. The molecule has 1 nitrogen and oxygen atoms in total. The highest BCUT2D eigenvalue weighted by Crippen LogP contribution is 2.30. The molecule has 1 aromatic heterocycles. The molecule has 0 aliphatic rings. The third kappa shape index (κ3) is 3.53. The van der Waals surface area contributed by atoms with Crippen LogP contribution in [0.25, 0.3) is 10.9 Å². The maximum atomic E-state index is 12.6. The van der Waals surface area contributed by atoms with E-state index in [4.69, 9.17) is 0 Å². The van der Waals surface area contributed by atoms with E-state index in [0.717, 1.165) is 40.7 Å². The van der Waals surface area contributed by atoms with Gasteiger partial charge in [-0.25, -0.2) is 0 Å². The molecular weight excluding hydrogens is 323 g/mol. The number of nitrogens with zero attached hydrogens (tertiary/aromatic N) is 1. The van der Waals surface area contributed by atoms with E-state index in [1.165, 1.54) is 12.1 Å². The maximum Gasteiger partial charge on any atom is 0.416 e. The van der Waals surface area contributed by atoms with Crippen LogP contribution in [0.15, 0.2) is 54.7 Å². The summed E-state index contributed by atoms with van der Waals surface area (Å²) in [5.41, 5.74) is 2.27. The molecule has 3 rings (SSSR count). The van der Waals surface area contributed by atoms with Crippen molar-refractivity contribution in [3.8, 4) is 0 Å². The number of hydrogen-bond acceptors (Lipinski definition) is 0. The predicted molar refractivity (Wildman–Crippen MR) is 88.8 cm³/mol. The van der Waals surface area contributed by atoms with Gasteiger partial charge in [0, 0.05) is 30.1 Å². The molecule has 0 amide bonds. The van der Waals surface area contributed by atoms with E-state index in [2.05, 4.69) is 11.5 Å². The molecule has 0 unspecified atom stereocenters. The standard InChI is InChI=1S/C18H15F3N.ClH/c1-2-22-12-14(16-5-3-4-6-17(16)22)11-13-7-9-15(10-8-13)18(19,20)21;/h3-12H,2H2,1H3;1H. The topological polar surface area (TPSA) is 4.93 Å². The lowest BCUT2D eigenvalue weighted by Gasteiger charge is -2.07. The van der Waals surface area contributed by atoms with Gasteiger partial charge in [0.1, 0.15) is 0 Å². The van der Waals surface area contributed by atoms with E-state index >= 15 is 0 Å². The van der Waals surface area contributed by atoms with E-state index in [0.29, 0.717) is 0 Å². The smallest absolute Gasteiger partial charge is 0.347 e. The van der Waals surface area contributed by atoms with Crippen molar-refractivity contribution in [3.05, 3.63) is 77.8 Å². The zero-order valence-corrected chi connectivity index (χ0v) is 13.3. The number of fused-ring (bicyclic) bond motifs is 1. The van der Waals surface area contributed by atoms with Gasteiger partial charge in [-0.3, -0.25) is 0 Å². The summed E-state index contributed by atoms with van der Waals surface area (Å²) >= 11 is 0. The van der Waals surface area contributed by atoms with E-state index < -0.39 is 11.7 Å². The fourth-order valence-electron chi connectivity index (χ4n) is 2.60. The Bertz CT molecular complexity index is 788. The lowest BCUT2D eigenvalue weighted by molar-refractivity contribution is -0.137. The van der Waals surface area contributed by atoms with Gasteiger partial charge in [0.25, 0.3) is 0 Å². The molecule has 0 bridgehead atoms. The number of halogens is 4. The molecule has 0 fully saturated rings. The molecule has 23 heavy (non-hydrogen) atoms. The second-order valence-corrected chi connectivity index (χ2v) is 5.15. The van der Waals surface area contributed by atoms with Crippen LogP contribution in [0.4, 0.5) is 13.2 Å². The van der Waals surface area contributed by atoms with E-state index in [1.807, 2.05) is 36.9 Å². The second kappa shape index (κ2) is 6.67. The summed E-state index contributed by atoms with van der Waals surface area (Å²) in [7, 11) is 0. The third-order valence-electron chi connectivity index (χ3n) is 3.72. The van der Waals surface area contributed by atoms with Gasteiger partial charge in [0.15, 0.2) is 0 Å². The van der Waals surface area contributed by atoms with Crippen LogP contribution < -0.4 is 0 Å². The highest BCUT2D eigenvalue weighted by molar-refractivity contribution is 5.86. The van der Waals surface area contributed by atoms with Crippen LogP contribution in [0.5, 0.6) is 0 Å². The zero-order chi connectivity index (χ0) is 15.7. The molecule has 3 aromatic rings. The molecule has 2 aromatic carbocycles. The minimum atomic E-state index is -4.29. The molecule has 121 valence electrons. The summed E-state index contributed by atoms with van der Waals surface area (Å²) in [6, 6.07) is 13.3. The van der Waals surface area contributed by atoms with Gasteiger partial charge in [-0.1, -0.05) is 30.3 Å².